The zero-order valence-electron chi connectivity index (χ0n) is 14.7. The van der Waals surface area contributed by atoms with E-state index in [1.54, 1.807) is 5.56 Å². The maximum atomic E-state index is 3.82. The number of fused-ring (bicyclic) bond motifs is 1. The molecular weight excluding hydrogens is 276 g/mol. The molecule has 0 N–H and O–H groups in total. The van der Waals surface area contributed by atoms with Crippen molar-refractivity contribution in [1.82, 2.24) is 0 Å². The molecule has 23 heavy (non-hydrogen) atoms. The van der Waals surface area contributed by atoms with Gasteiger partial charge in [0, 0.05) is 0 Å². The van der Waals surface area contributed by atoms with Crippen LogP contribution in [0.25, 0.3) is 0 Å². The van der Waals surface area contributed by atoms with Crippen LogP contribution in [-0.2, 0) is 6.42 Å². The van der Waals surface area contributed by atoms with Crippen molar-refractivity contribution in [2.75, 3.05) is 0 Å². The van der Waals surface area contributed by atoms with Gasteiger partial charge in [0.1, 0.15) is 0 Å². The van der Waals surface area contributed by atoms with Crippen molar-refractivity contribution in [2.24, 2.45) is 17.8 Å². The summed E-state index contributed by atoms with van der Waals surface area (Å²) in [6.07, 6.45) is 17.5. The van der Waals surface area contributed by atoms with Gasteiger partial charge in [-0.2, -0.15) is 0 Å². The summed E-state index contributed by atoms with van der Waals surface area (Å²) in [4.78, 5) is 0. The number of rotatable bonds is 5. The lowest BCUT2D eigenvalue weighted by atomic mass is 9.64. The highest BCUT2D eigenvalue weighted by atomic mass is 14.4. The molecule has 4 unspecified atom stereocenters. The van der Waals surface area contributed by atoms with E-state index in [1.807, 2.05) is 6.08 Å². The zero-order chi connectivity index (χ0) is 16.1. The number of hydrogen-bond acceptors (Lipinski definition) is 0. The van der Waals surface area contributed by atoms with E-state index in [0.717, 1.165) is 36.5 Å². The van der Waals surface area contributed by atoms with E-state index >= 15 is 0 Å². The van der Waals surface area contributed by atoms with Gasteiger partial charge >= 0.3 is 0 Å². The third kappa shape index (κ3) is 4.16. The summed E-state index contributed by atoms with van der Waals surface area (Å²) in [6, 6.07) is 9.48. The molecule has 3 rings (SSSR count). The highest BCUT2D eigenvalue weighted by molar-refractivity contribution is 5.26. The minimum atomic E-state index is 0.808. The first-order valence-corrected chi connectivity index (χ1v) is 9.62. The Morgan fingerprint density at radius 2 is 1.74 bits per heavy atom. The molecule has 0 saturated heterocycles. The fourth-order valence-electron chi connectivity index (χ4n) is 4.90. The topological polar surface area (TPSA) is 0 Å². The van der Waals surface area contributed by atoms with Gasteiger partial charge in [0.15, 0.2) is 0 Å². The van der Waals surface area contributed by atoms with E-state index in [1.165, 1.54) is 44.1 Å². The first-order chi connectivity index (χ1) is 11.3. The predicted octanol–water partition coefficient (Wildman–Crippen LogP) is 6.68. The molecule has 2 aliphatic carbocycles. The molecule has 0 heteroatoms. The van der Waals surface area contributed by atoms with Crippen molar-refractivity contribution in [2.45, 2.75) is 64.2 Å². The van der Waals surface area contributed by atoms with Crippen molar-refractivity contribution >= 4 is 0 Å². The molecule has 0 nitrogen and oxygen atoms in total. The van der Waals surface area contributed by atoms with Crippen LogP contribution >= 0.6 is 0 Å². The molecule has 0 heterocycles. The summed E-state index contributed by atoms with van der Waals surface area (Å²) in [5.41, 5.74) is 3.04. The quantitative estimate of drug-likeness (QED) is 0.532. The molecule has 0 radical (unpaired) electrons. The van der Waals surface area contributed by atoms with Crippen molar-refractivity contribution in [3.05, 3.63) is 60.2 Å². The lowest BCUT2D eigenvalue weighted by molar-refractivity contribution is 0.133. The molecule has 0 amide bonds. The van der Waals surface area contributed by atoms with Gasteiger partial charge in [-0.25, -0.2) is 0 Å². The summed E-state index contributed by atoms with van der Waals surface area (Å²) >= 11 is 0. The molecule has 124 valence electrons. The van der Waals surface area contributed by atoms with E-state index in [4.69, 9.17) is 0 Å². The van der Waals surface area contributed by atoms with Crippen LogP contribution in [-0.4, -0.2) is 0 Å². The molecule has 4 atom stereocenters. The Morgan fingerprint density at radius 3 is 2.48 bits per heavy atom. The number of hydrogen-bond donors (Lipinski definition) is 0. The Bertz CT molecular complexity index is 521. The maximum absolute atomic E-state index is 3.82. The monoisotopic (exact) mass is 308 g/mol. The molecule has 0 spiro atoms. The Hall–Kier alpha value is -1.30. The maximum Gasteiger partial charge on any atom is -0.0159 e. The normalized spacial score (nSPS) is 31.0. The van der Waals surface area contributed by atoms with Crippen molar-refractivity contribution in [3.8, 4) is 0 Å². The largest absolute Gasteiger partial charge is 0.103 e. The van der Waals surface area contributed by atoms with E-state index in [2.05, 4.69) is 49.9 Å². The molecule has 2 aliphatic rings. The highest BCUT2D eigenvalue weighted by Crippen LogP contribution is 2.47. The van der Waals surface area contributed by atoms with Gasteiger partial charge in [-0.1, -0.05) is 42.5 Å². The van der Waals surface area contributed by atoms with Gasteiger partial charge in [-0.3, -0.25) is 0 Å². The Labute approximate surface area is 142 Å². The van der Waals surface area contributed by atoms with Crippen molar-refractivity contribution in [3.63, 3.8) is 0 Å². The van der Waals surface area contributed by atoms with Crippen LogP contribution in [0.3, 0.4) is 0 Å². The lowest BCUT2D eigenvalue weighted by Crippen LogP contribution is -2.30. The minimum absolute atomic E-state index is 0.808. The fraction of sp³-hybridized carbons (Fsp3) is 0.565. The van der Waals surface area contributed by atoms with Crippen LogP contribution < -0.4 is 0 Å². The van der Waals surface area contributed by atoms with E-state index in [0.29, 0.717) is 0 Å². The van der Waals surface area contributed by atoms with Crippen LogP contribution in [0.15, 0.2) is 49.1 Å². The second kappa shape index (κ2) is 7.99. The summed E-state index contributed by atoms with van der Waals surface area (Å²) in [5.74, 6) is 3.65. The van der Waals surface area contributed by atoms with E-state index < -0.39 is 0 Å². The number of aryl methyl sites for hydroxylation is 1. The Morgan fingerprint density at radius 1 is 1.00 bits per heavy atom. The fourth-order valence-corrected chi connectivity index (χ4v) is 4.90. The second-order valence-electron chi connectivity index (χ2n) is 7.70. The lowest BCUT2D eigenvalue weighted by Gasteiger charge is -2.41. The Balaban J connectivity index is 1.58. The molecule has 2 saturated carbocycles. The summed E-state index contributed by atoms with van der Waals surface area (Å²) in [7, 11) is 0. The second-order valence-corrected chi connectivity index (χ2v) is 7.70. The number of allylic oxidation sites excluding steroid dienone is 3. The highest BCUT2D eigenvalue weighted by Gasteiger charge is 2.35. The van der Waals surface area contributed by atoms with Crippen molar-refractivity contribution in [1.29, 1.82) is 0 Å². The van der Waals surface area contributed by atoms with Crippen LogP contribution in [0.2, 0.25) is 0 Å². The summed E-state index contributed by atoms with van der Waals surface area (Å²) in [6.45, 7) is 5.99. The Kier molecular flexibility index (Phi) is 5.75. The van der Waals surface area contributed by atoms with Gasteiger partial charge in [-0.05, 0) is 93.1 Å². The van der Waals surface area contributed by atoms with Gasteiger partial charge in [0.05, 0.1) is 0 Å². The number of benzene rings is 1. The van der Waals surface area contributed by atoms with Gasteiger partial charge in [0.2, 0.25) is 0 Å². The molecule has 2 fully saturated rings. The average Bonchev–Trinajstić information content (AvgIpc) is 2.60. The SMILES string of the molecule is C=CCCc1ccc(C2CCC3CC(/C=C/C)CCC3C2)cc1. The summed E-state index contributed by atoms with van der Waals surface area (Å²) < 4.78 is 0. The molecule has 1 aromatic carbocycles. The predicted molar refractivity (Wildman–Crippen MR) is 101 cm³/mol. The smallest absolute Gasteiger partial charge is 0.0159 e. The molecular formula is C23H32. The van der Waals surface area contributed by atoms with Gasteiger partial charge < -0.3 is 0 Å². The minimum Gasteiger partial charge on any atom is -0.103 e. The first-order valence-electron chi connectivity index (χ1n) is 9.62. The third-order valence-electron chi connectivity index (χ3n) is 6.21. The standard InChI is InChI=1S/C23H32/c1-3-5-7-18-8-11-20(12-9-18)22-15-14-21-16-19(6-4-2)10-13-23(21)17-22/h3-4,6,8-9,11-12,19,21-23H,1,5,7,10,13-17H2,2H3/b6-4+. The van der Waals surface area contributed by atoms with E-state index in [-0.39, 0.29) is 0 Å². The average molecular weight is 309 g/mol. The molecule has 0 aliphatic heterocycles. The van der Waals surface area contributed by atoms with E-state index in [9.17, 15) is 0 Å². The first kappa shape index (κ1) is 16.6. The zero-order valence-corrected chi connectivity index (χ0v) is 14.7. The van der Waals surface area contributed by atoms with Crippen LogP contribution in [0.1, 0.15) is 68.9 Å². The van der Waals surface area contributed by atoms with Crippen LogP contribution in [0.5, 0.6) is 0 Å². The van der Waals surface area contributed by atoms with Gasteiger partial charge in [0.25, 0.3) is 0 Å². The van der Waals surface area contributed by atoms with Crippen LogP contribution in [0.4, 0.5) is 0 Å². The summed E-state index contributed by atoms with van der Waals surface area (Å²) in [5, 5.41) is 0. The molecule has 1 aromatic rings. The molecule has 0 bridgehead atoms. The van der Waals surface area contributed by atoms with Gasteiger partial charge in [-0.15, -0.1) is 6.58 Å². The third-order valence-corrected chi connectivity index (χ3v) is 6.21. The van der Waals surface area contributed by atoms with Crippen LogP contribution in [0, 0.1) is 17.8 Å². The molecule has 0 aromatic heterocycles. The van der Waals surface area contributed by atoms with Crippen molar-refractivity contribution < 1.29 is 0 Å².